The van der Waals surface area contributed by atoms with E-state index in [2.05, 4.69) is 167 Å². The minimum absolute atomic E-state index is 0.0225. The average molecular weight is 1460 g/mol. The second-order valence-electron chi connectivity index (χ2n) is 23.8. The Morgan fingerprint density at radius 1 is 0.294 bits per heavy atom. The molecule has 5 unspecified atom stereocenters. The lowest BCUT2D eigenvalue weighted by atomic mass is 10.1. The van der Waals surface area contributed by atoms with Gasteiger partial charge in [0, 0.05) is 12.8 Å². The molecule has 102 heavy (non-hydrogen) atoms. The quantitative estimate of drug-likeness (QED) is 0.0169. The molecule has 0 saturated heterocycles. The predicted octanol–water partition coefficient (Wildman–Crippen LogP) is 21.5. The standard InChI is InChI=1S/C83H128O17P2/c1-5-9-13-17-21-25-29-33-36-37-38-39-42-45-48-52-56-60-64-68-81(86)94-73-78(99-82(87)69-65-61-57-53-49-43-32-28-24-20-16-12-8-4)75-97-101(89,90)95-71-77(84)72-96-102(91,92)98-76-79(100-83(88)70-66-62-58-54-50-46-41-35-31-27-23-19-15-11-7-3)74-93-80(85)67-63-59-55-51-47-44-40-34-30-26-22-18-14-10-6-2/h9-11,13-15,21-23,25-28,32-36,38-41,45,47-48,50-51,54,56,59-60,62-63,66,77-79,84H,5-8,12,16-20,24,29-31,37,42-44,46,49,52-53,55,57-58,61,64-65,67-76H2,1-4H3,(H,89,90)(H,91,92)/b13-9-,14-10-,15-11-,25-21-,26-22-,27-23-,32-28-,36-33-,39-38-,40-34-,41-35-,48-45-,51-47-,54-50-,60-56-,63-59-,66-62-. The Bertz CT molecular complexity index is 2750. The van der Waals surface area contributed by atoms with Crippen molar-refractivity contribution in [2.24, 2.45) is 0 Å². The first-order valence-electron chi connectivity index (χ1n) is 37.3. The van der Waals surface area contributed by atoms with E-state index in [1.54, 1.807) is 24.3 Å². The molecule has 0 spiro atoms. The van der Waals surface area contributed by atoms with Crippen LogP contribution in [-0.2, 0) is 65.4 Å². The summed E-state index contributed by atoms with van der Waals surface area (Å²) in [4.78, 5) is 72.7. The summed E-state index contributed by atoms with van der Waals surface area (Å²) in [6.45, 7) is 4.12. The second kappa shape index (κ2) is 73.0. The molecule has 0 heterocycles. The molecule has 0 aliphatic carbocycles. The first-order chi connectivity index (χ1) is 49.7. The number of rotatable bonds is 67. The summed E-state index contributed by atoms with van der Waals surface area (Å²) in [6, 6.07) is 0. The fourth-order valence-electron chi connectivity index (χ4n) is 8.74. The van der Waals surface area contributed by atoms with Crippen molar-refractivity contribution >= 4 is 39.5 Å². The number of hydrogen-bond acceptors (Lipinski definition) is 15. The maximum atomic E-state index is 13.1. The molecule has 0 aromatic carbocycles. The molecule has 0 amide bonds. The van der Waals surface area contributed by atoms with Gasteiger partial charge in [-0.15, -0.1) is 0 Å². The van der Waals surface area contributed by atoms with E-state index in [1.807, 2.05) is 42.5 Å². The molecule has 17 nitrogen and oxygen atoms in total. The molecule has 0 aromatic rings. The van der Waals surface area contributed by atoms with Crippen LogP contribution in [0.2, 0.25) is 0 Å². The zero-order valence-electron chi connectivity index (χ0n) is 62.2. The lowest BCUT2D eigenvalue weighted by molar-refractivity contribution is -0.161. The highest BCUT2D eigenvalue weighted by Gasteiger charge is 2.30. The van der Waals surface area contributed by atoms with Crippen LogP contribution in [0.4, 0.5) is 0 Å². The summed E-state index contributed by atoms with van der Waals surface area (Å²) in [6.07, 6.45) is 90.5. The third kappa shape index (κ3) is 72.0. The van der Waals surface area contributed by atoms with Gasteiger partial charge in [0.05, 0.1) is 39.3 Å². The van der Waals surface area contributed by atoms with E-state index < -0.39 is 97.5 Å². The summed E-state index contributed by atoms with van der Waals surface area (Å²) in [5, 5.41) is 10.6. The van der Waals surface area contributed by atoms with Crippen LogP contribution in [0.3, 0.4) is 0 Å². The number of carbonyl (C=O) groups is 4. The Balaban J connectivity index is 5.57. The maximum Gasteiger partial charge on any atom is 0.472 e. The van der Waals surface area contributed by atoms with Gasteiger partial charge >= 0.3 is 39.5 Å². The number of aliphatic hydroxyl groups excluding tert-OH is 1. The van der Waals surface area contributed by atoms with E-state index in [0.29, 0.717) is 32.1 Å². The summed E-state index contributed by atoms with van der Waals surface area (Å²) in [5.74, 6) is -2.61. The molecule has 0 saturated carbocycles. The Hall–Kier alpha value is -6.36. The Morgan fingerprint density at radius 2 is 0.578 bits per heavy atom. The molecule has 19 heteroatoms. The molecule has 572 valence electrons. The zero-order valence-corrected chi connectivity index (χ0v) is 64.0. The molecule has 0 aliphatic rings. The number of esters is 4. The van der Waals surface area contributed by atoms with Crippen LogP contribution >= 0.6 is 15.6 Å². The van der Waals surface area contributed by atoms with Gasteiger partial charge in [0.15, 0.2) is 12.2 Å². The van der Waals surface area contributed by atoms with Crippen LogP contribution < -0.4 is 0 Å². The van der Waals surface area contributed by atoms with Gasteiger partial charge in [0.1, 0.15) is 19.3 Å². The maximum absolute atomic E-state index is 13.1. The number of hydrogen-bond donors (Lipinski definition) is 3. The topological polar surface area (TPSA) is 237 Å². The SMILES string of the molecule is CC/C=C\C/C=C\C/C=C\C/C=C\C/C=C\C/C=C\CCC(=O)OCC(COP(=O)(O)OCC(O)COP(=O)(O)OCC(COC(=O)C/C=C\C/C=C\C/C=C\C/C=C\C/C=C\CC)OC(=O)C/C=C\C/C=C\C/C=C\C/C=C\C/C=C\CC)OC(=O)CCCCCCC/C=C\CCCCCC. The van der Waals surface area contributed by atoms with Crippen molar-refractivity contribution in [2.75, 3.05) is 39.6 Å². The molecule has 0 radical (unpaired) electrons. The largest absolute Gasteiger partial charge is 0.472 e. The fourth-order valence-corrected chi connectivity index (χ4v) is 10.3. The minimum Gasteiger partial charge on any atom is -0.462 e. The number of unbranched alkanes of at least 4 members (excludes halogenated alkanes) is 9. The molecule has 0 aliphatic heterocycles. The second-order valence-corrected chi connectivity index (χ2v) is 26.7. The monoisotopic (exact) mass is 1460 g/mol. The lowest BCUT2D eigenvalue weighted by Crippen LogP contribution is -2.30. The molecule has 0 bridgehead atoms. The molecular formula is C83H128O17P2. The van der Waals surface area contributed by atoms with E-state index in [-0.39, 0.29) is 25.7 Å². The Kier molecular flexibility index (Phi) is 68.4. The first-order valence-corrected chi connectivity index (χ1v) is 40.3. The summed E-state index contributed by atoms with van der Waals surface area (Å²) in [7, 11) is -10.0. The van der Waals surface area contributed by atoms with Crippen molar-refractivity contribution < 1.29 is 80.2 Å². The molecular weight excluding hydrogens is 1330 g/mol. The molecule has 0 aromatic heterocycles. The third-order valence-electron chi connectivity index (χ3n) is 14.3. The van der Waals surface area contributed by atoms with E-state index in [1.165, 1.54) is 25.7 Å². The van der Waals surface area contributed by atoms with Crippen LogP contribution in [0.5, 0.6) is 0 Å². The van der Waals surface area contributed by atoms with Gasteiger partial charge in [-0.1, -0.05) is 273 Å². The first kappa shape index (κ1) is 95.6. The van der Waals surface area contributed by atoms with Crippen LogP contribution in [0.25, 0.3) is 0 Å². The summed E-state index contributed by atoms with van der Waals surface area (Å²) < 4.78 is 68.0. The minimum atomic E-state index is -5.03. The van der Waals surface area contributed by atoms with E-state index >= 15 is 0 Å². The van der Waals surface area contributed by atoms with Crippen LogP contribution in [-0.4, -0.2) is 96.7 Å². The number of carbonyl (C=O) groups excluding carboxylic acids is 4. The van der Waals surface area contributed by atoms with Crippen LogP contribution in [0, 0.1) is 0 Å². The van der Waals surface area contributed by atoms with Crippen LogP contribution in [0.1, 0.15) is 233 Å². The third-order valence-corrected chi connectivity index (χ3v) is 16.2. The van der Waals surface area contributed by atoms with Gasteiger partial charge < -0.3 is 33.8 Å². The van der Waals surface area contributed by atoms with Crippen molar-refractivity contribution in [3.8, 4) is 0 Å². The van der Waals surface area contributed by atoms with Crippen molar-refractivity contribution in [3.05, 3.63) is 207 Å². The lowest BCUT2D eigenvalue weighted by Gasteiger charge is -2.21. The van der Waals surface area contributed by atoms with Crippen molar-refractivity contribution in [3.63, 3.8) is 0 Å². The Morgan fingerprint density at radius 3 is 0.951 bits per heavy atom. The molecule has 5 atom stereocenters. The van der Waals surface area contributed by atoms with Gasteiger partial charge in [-0.25, -0.2) is 9.13 Å². The highest BCUT2D eigenvalue weighted by molar-refractivity contribution is 7.47. The number of aliphatic hydroxyl groups is 1. The molecule has 0 rings (SSSR count). The van der Waals surface area contributed by atoms with Crippen LogP contribution in [0.15, 0.2) is 207 Å². The number of phosphoric acid groups is 2. The summed E-state index contributed by atoms with van der Waals surface area (Å²) in [5.41, 5.74) is 0. The van der Waals surface area contributed by atoms with Crippen molar-refractivity contribution in [1.82, 2.24) is 0 Å². The zero-order chi connectivity index (χ0) is 74.6. The normalized spacial score (nSPS) is 15.1. The molecule has 3 N–H and O–H groups in total. The Labute approximate surface area is 614 Å². The summed E-state index contributed by atoms with van der Waals surface area (Å²) >= 11 is 0. The fraction of sp³-hybridized carbons (Fsp3) is 0.542. The van der Waals surface area contributed by atoms with Gasteiger partial charge in [-0.2, -0.15) is 0 Å². The van der Waals surface area contributed by atoms with E-state index in [4.69, 9.17) is 37.0 Å². The van der Waals surface area contributed by atoms with Gasteiger partial charge in [-0.3, -0.25) is 37.3 Å². The van der Waals surface area contributed by atoms with Gasteiger partial charge in [-0.05, 0) is 141 Å². The van der Waals surface area contributed by atoms with Crippen molar-refractivity contribution in [2.45, 2.75) is 251 Å². The highest BCUT2D eigenvalue weighted by Crippen LogP contribution is 2.45. The predicted molar refractivity (Wildman–Crippen MR) is 417 cm³/mol. The van der Waals surface area contributed by atoms with Gasteiger partial charge in [0.25, 0.3) is 0 Å². The molecule has 0 fully saturated rings. The van der Waals surface area contributed by atoms with Gasteiger partial charge in [0.2, 0.25) is 0 Å². The smallest absolute Gasteiger partial charge is 0.462 e. The number of allylic oxidation sites excluding steroid dienone is 32. The number of phosphoric ester groups is 2. The highest BCUT2D eigenvalue weighted by atomic mass is 31.2. The van der Waals surface area contributed by atoms with E-state index in [9.17, 15) is 43.2 Å². The van der Waals surface area contributed by atoms with Crippen molar-refractivity contribution in [1.29, 1.82) is 0 Å². The number of ether oxygens (including phenoxy) is 4. The average Bonchev–Trinajstić information content (AvgIpc) is 0.908. The van der Waals surface area contributed by atoms with E-state index in [0.717, 1.165) is 122 Å².